The summed E-state index contributed by atoms with van der Waals surface area (Å²) in [6.45, 7) is 56.1. The molecule has 1 heterocycles. The minimum Gasteiger partial charge on any atom is -0.394 e. The second-order valence-electron chi connectivity index (χ2n) is 13.5. The SMILES string of the molecule is C=O.C=O.C=O.C=O.C=O.C=O.C=O.C=O.C=O.CC(=O)N1CCCCC1.CC(C)O.CCC(C)C.CCC(C)C.CCC(C)C.CCOC(C)(C)C.CCc1ccccc1.CN.CN.CN.CN.CN.CN.N.N.N. The molecule has 1 aromatic rings. The number of likely N-dealkylation sites (tertiary alicyclic amines) is 1. The second-order valence-corrected chi connectivity index (χ2v) is 13.5. The molecular weight excluding hydrogens is 981 g/mol. The lowest BCUT2D eigenvalue weighted by molar-refractivity contribution is -0.129. The number of ether oxygens (including phenoxy) is 1. The Morgan fingerprint density at radius 3 is 0.750 bits per heavy atom. The third-order valence-electron chi connectivity index (χ3n) is 6.08. The highest BCUT2D eigenvalue weighted by molar-refractivity contribution is 5.73. The third kappa shape index (κ3) is 434. The number of nitrogens with two attached hydrogens (primary N) is 6. The molecule has 22 nitrogen and oxygen atoms in total. The number of benzene rings is 1. The Labute approximate surface area is 471 Å². The van der Waals surface area contributed by atoms with Crippen molar-refractivity contribution in [1.29, 1.82) is 0 Å². The van der Waals surface area contributed by atoms with Crippen LogP contribution in [0.1, 0.15) is 162 Å². The molecule has 1 fully saturated rings. The maximum Gasteiger partial charge on any atom is 0.219 e. The van der Waals surface area contributed by atoms with Gasteiger partial charge in [0.05, 0.1) is 5.60 Å². The summed E-state index contributed by atoms with van der Waals surface area (Å²) < 4.78 is 5.23. The van der Waals surface area contributed by atoms with Crippen molar-refractivity contribution in [2.45, 2.75) is 174 Å². The van der Waals surface area contributed by atoms with Crippen molar-refractivity contribution in [2.75, 3.05) is 62.0 Å². The Morgan fingerprint density at radius 1 is 0.487 bits per heavy atom. The van der Waals surface area contributed by atoms with Crippen LogP contribution in [0.4, 0.5) is 0 Å². The molecule has 1 amide bonds. The number of aliphatic hydroxyl groups is 1. The first kappa shape index (κ1) is 151. The van der Waals surface area contributed by atoms with E-state index in [9.17, 15) is 4.79 Å². The topological polar surface area (TPSA) is 465 Å². The highest BCUT2D eigenvalue weighted by Gasteiger charge is 2.11. The normalized spacial score (nSPS) is 7.74. The molecule has 0 spiro atoms. The molecule has 1 aliphatic heterocycles. The molecule has 476 valence electrons. The van der Waals surface area contributed by atoms with Gasteiger partial charge in [-0.25, -0.2) is 0 Å². The zero-order chi connectivity index (χ0) is 64.9. The molecule has 0 unspecified atom stereocenters. The van der Waals surface area contributed by atoms with Crippen LogP contribution in [0.2, 0.25) is 0 Å². The number of nitrogens with zero attached hydrogens (tertiary/aromatic N) is 1. The molecule has 0 aliphatic carbocycles. The quantitative estimate of drug-likeness (QED) is 0.134. The van der Waals surface area contributed by atoms with Crippen LogP contribution in [-0.4, -0.2) is 151 Å². The summed E-state index contributed by atoms with van der Waals surface area (Å²) in [5.74, 6) is 2.88. The Hall–Kier alpha value is -4.72. The first-order valence-electron chi connectivity index (χ1n) is 23.5. The average Bonchev–Trinajstić information content (AvgIpc) is 3.47. The predicted octanol–water partition coefficient (Wildman–Crippen LogP) is 7.90. The Balaban J connectivity index is -0.0000000190. The summed E-state index contributed by atoms with van der Waals surface area (Å²) in [4.78, 5) is 84.6. The molecule has 1 aliphatic rings. The van der Waals surface area contributed by atoms with E-state index in [-0.39, 0.29) is 36.1 Å². The molecule has 22 heteroatoms. The summed E-state index contributed by atoms with van der Waals surface area (Å²) in [5.41, 5.74) is 28.5. The van der Waals surface area contributed by atoms with Gasteiger partial charge in [0.2, 0.25) is 5.91 Å². The predicted molar refractivity (Wildman–Crippen MR) is 336 cm³/mol. The van der Waals surface area contributed by atoms with Crippen molar-refractivity contribution in [3.05, 3.63) is 35.9 Å². The molecule has 2 rings (SSSR count). The van der Waals surface area contributed by atoms with E-state index in [1.165, 1.54) is 86.4 Å². The van der Waals surface area contributed by atoms with Gasteiger partial charge < -0.3 is 111 Å². The molecule has 1 saturated heterocycles. The third-order valence-corrected chi connectivity index (χ3v) is 6.08. The summed E-state index contributed by atoms with van der Waals surface area (Å²) in [7, 11) is 9.00. The number of carbonyl (C=O) groups excluding carboxylic acids is 10. The van der Waals surface area contributed by atoms with Crippen LogP contribution in [0.15, 0.2) is 30.3 Å². The van der Waals surface area contributed by atoms with Crippen LogP contribution in [0.25, 0.3) is 0 Å². The van der Waals surface area contributed by atoms with Crippen molar-refractivity contribution < 1.29 is 57.8 Å². The van der Waals surface area contributed by atoms with E-state index in [2.05, 4.69) is 149 Å². The second kappa shape index (κ2) is 230. The molecule has 1 aromatic carbocycles. The number of amides is 1. The average molecular weight is 1120 g/mol. The van der Waals surface area contributed by atoms with Crippen LogP contribution >= 0.6 is 0 Å². The minimum atomic E-state index is -0.167. The molecule has 0 saturated carbocycles. The molecule has 0 aromatic heterocycles. The van der Waals surface area contributed by atoms with Gasteiger partial charge in [0.15, 0.2) is 0 Å². The van der Waals surface area contributed by atoms with Gasteiger partial charge in [0.25, 0.3) is 0 Å². The van der Waals surface area contributed by atoms with Gasteiger partial charge in [-0.05, 0) is 133 Å². The number of aliphatic hydroxyl groups excluding tert-OH is 1. The lowest BCUT2D eigenvalue weighted by Crippen LogP contribution is -2.33. The highest BCUT2D eigenvalue weighted by Crippen LogP contribution is 2.08. The van der Waals surface area contributed by atoms with Crippen LogP contribution in [0.3, 0.4) is 0 Å². The molecule has 76 heavy (non-hydrogen) atoms. The fourth-order valence-corrected chi connectivity index (χ4v) is 2.36. The van der Waals surface area contributed by atoms with Gasteiger partial charge >= 0.3 is 0 Å². The van der Waals surface area contributed by atoms with Gasteiger partial charge in [-0.15, -0.1) is 0 Å². The Kier molecular flexibility index (Phi) is 457. The number of rotatable bonds is 5. The lowest BCUT2D eigenvalue weighted by Gasteiger charge is -2.24. The summed E-state index contributed by atoms with van der Waals surface area (Å²) >= 11 is 0. The van der Waals surface area contributed by atoms with Crippen LogP contribution in [-0.2, 0) is 59.1 Å². The van der Waals surface area contributed by atoms with E-state index in [1.807, 2.05) is 79.0 Å². The number of hydrogen-bond acceptors (Lipinski definition) is 21. The standard InChI is InChI=1S/C8H10.C7H13NO.C6H14O.3C5H12.C3H8O.6CH5N.9CH2O.3H3N/c1-2-8-6-4-3-5-7-8;1-7(9)8-5-3-2-4-6-8;1-5-7-6(2,3)4;3*1-4-5(2)3;1-3(2)4;15*1-2;;;/h3-7H,2H2,1H3;2-6H2,1H3;5H2,1-4H3;3*5H,4H2,1-3H3;3-4H,1-2H3;6*2H2,1H3;9*1H2;3*1H3. The summed E-state index contributed by atoms with van der Waals surface area (Å²) in [6.07, 6.45) is 8.57. The van der Waals surface area contributed by atoms with Crippen molar-refractivity contribution >= 4 is 67.0 Å². The van der Waals surface area contributed by atoms with Crippen LogP contribution < -0.4 is 52.9 Å². The van der Waals surface area contributed by atoms with Crippen molar-refractivity contribution in [3.8, 4) is 0 Å². The Bertz CT molecular complexity index is 776. The highest BCUT2D eigenvalue weighted by atomic mass is 16.5. The van der Waals surface area contributed by atoms with E-state index in [0.29, 0.717) is 0 Å². The van der Waals surface area contributed by atoms with Crippen molar-refractivity contribution in [3.63, 3.8) is 0 Å². The minimum absolute atomic E-state index is 0. The largest absolute Gasteiger partial charge is 0.394 e. The number of aryl methyl sites for hydroxylation is 1. The van der Waals surface area contributed by atoms with E-state index in [4.69, 9.17) is 53.0 Å². The van der Waals surface area contributed by atoms with Gasteiger partial charge in [-0.3, -0.25) is 4.79 Å². The molecule has 0 atom stereocenters. The number of piperidine rings is 1. The van der Waals surface area contributed by atoms with Crippen molar-refractivity contribution in [2.24, 2.45) is 52.2 Å². The number of carbonyl (C=O) groups is 10. The zero-order valence-corrected chi connectivity index (χ0v) is 54.1. The molecule has 22 N–H and O–H groups in total. The maximum atomic E-state index is 10.7. The van der Waals surface area contributed by atoms with E-state index in [0.717, 1.165) is 43.9 Å². The zero-order valence-electron chi connectivity index (χ0n) is 54.1. The summed E-state index contributed by atoms with van der Waals surface area (Å²) in [5, 5.41) is 8.06. The van der Waals surface area contributed by atoms with E-state index in [1.54, 1.807) is 20.8 Å². The fourth-order valence-electron chi connectivity index (χ4n) is 2.36. The Morgan fingerprint density at radius 2 is 0.671 bits per heavy atom. The van der Waals surface area contributed by atoms with E-state index >= 15 is 0 Å². The maximum absolute atomic E-state index is 10.7. The lowest BCUT2D eigenvalue weighted by atomic mass is 10.1. The van der Waals surface area contributed by atoms with Crippen LogP contribution in [0, 0.1) is 17.8 Å². The molecule has 0 radical (unpaired) electrons. The molecule has 0 bridgehead atoms. The molecular formula is C54H138N10O12. The fraction of sp³-hybridized carbons (Fsp3) is 0.704. The van der Waals surface area contributed by atoms with Crippen LogP contribution in [0.5, 0.6) is 0 Å². The van der Waals surface area contributed by atoms with Gasteiger partial charge in [0, 0.05) is 32.7 Å². The van der Waals surface area contributed by atoms with Gasteiger partial charge in [-0.1, -0.05) is 119 Å². The first-order chi connectivity index (χ1) is 34.8. The number of hydrogen-bond donors (Lipinski definition) is 10. The smallest absolute Gasteiger partial charge is 0.219 e. The first-order valence-corrected chi connectivity index (χ1v) is 23.5. The van der Waals surface area contributed by atoms with Gasteiger partial charge in [-0.2, -0.15) is 0 Å². The van der Waals surface area contributed by atoms with Gasteiger partial charge in [0.1, 0.15) is 61.1 Å². The monoisotopic (exact) mass is 1120 g/mol. The van der Waals surface area contributed by atoms with E-state index < -0.39 is 0 Å². The van der Waals surface area contributed by atoms with Crippen molar-refractivity contribution in [1.82, 2.24) is 23.4 Å². The summed E-state index contributed by atoms with van der Waals surface area (Å²) in [6, 6.07) is 10.5.